The Labute approximate surface area is 180 Å². The number of nitrogens with zero attached hydrogens (tertiary/aromatic N) is 5. The van der Waals surface area contributed by atoms with E-state index in [0.29, 0.717) is 6.42 Å². The number of rotatable bonds is 8. The van der Waals surface area contributed by atoms with Crippen LogP contribution < -0.4 is 10.2 Å². The van der Waals surface area contributed by atoms with Crippen LogP contribution >= 0.6 is 0 Å². The normalized spacial score (nSPS) is 16.2. The molecule has 1 N–H and O–H groups in total. The van der Waals surface area contributed by atoms with E-state index in [-0.39, 0.29) is 11.9 Å². The van der Waals surface area contributed by atoms with Crippen LogP contribution in [0.4, 0.5) is 11.5 Å². The number of likely N-dealkylation sites (tertiary alicyclic amines) is 1. The third-order valence-corrected chi connectivity index (χ3v) is 5.48. The third kappa shape index (κ3) is 5.48. The second-order valence-corrected chi connectivity index (χ2v) is 8.40. The smallest absolute Gasteiger partial charge is 0.223 e. The molecule has 1 fully saturated rings. The summed E-state index contributed by atoms with van der Waals surface area (Å²) in [7, 11) is 9.97. The minimum atomic E-state index is -0.0390. The summed E-state index contributed by atoms with van der Waals surface area (Å²) in [4.78, 5) is 28.6. The SMILES string of the molecule is CNc1cc(CN(C)C)nc([C@@H]2CCCN2C(=O)CCc2ccc(N(C)C)cc2)n1. The maximum atomic E-state index is 13.0. The molecule has 0 aliphatic carbocycles. The molecule has 0 spiro atoms. The summed E-state index contributed by atoms with van der Waals surface area (Å²) in [6.07, 6.45) is 3.16. The fourth-order valence-corrected chi connectivity index (χ4v) is 3.89. The molecule has 2 aromatic rings. The number of hydrogen-bond acceptors (Lipinski definition) is 6. The molecule has 1 atom stereocenters. The minimum absolute atomic E-state index is 0.0390. The predicted molar refractivity (Wildman–Crippen MR) is 122 cm³/mol. The van der Waals surface area contributed by atoms with Gasteiger partial charge in [-0.3, -0.25) is 4.79 Å². The number of amides is 1. The van der Waals surface area contributed by atoms with Crippen molar-refractivity contribution < 1.29 is 4.79 Å². The summed E-state index contributed by atoms with van der Waals surface area (Å²) in [6, 6.07) is 10.3. The molecular weight excluding hydrogens is 376 g/mol. The molecule has 3 rings (SSSR count). The standard InChI is InChI=1S/C23H34N6O/c1-24-21-15-18(16-27(2)3)25-23(26-21)20-7-6-14-29(20)22(30)13-10-17-8-11-19(12-9-17)28(4)5/h8-9,11-12,15,20H,6-7,10,13-14,16H2,1-5H3,(H,24,25,26)/t20-/m0/s1. The van der Waals surface area contributed by atoms with Gasteiger partial charge >= 0.3 is 0 Å². The number of nitrogens with one attached hydrogen (secondary N) is 1. The van der Waals surface area contributed by atoms with E-state index in [1.165, 1.54) is 11.3 Å². The van der Waals surface area contributed by atoms with E-state index in [9.17, 15) is 4.79 Å². The Kier molecular flexibility index (Phi) is 7.26. The van der Waals surface area contributed by atoms with Gasteiger partial charge in [-0.15, -0.1) is 0 Å². The largest absolute Gasteiger partial charge is 0.378 e. The van der Waals surface area contributed by atoms with Crippen molar-refractivity contribution in [3.8, 4) is 0 Å². The highest BCUT2D eigenvalue weighted by atomic mass is 16.2. The van der Waals surface area contributed by atoms with E-state index >= 15 is 0 Å². The zero-order valence-corrected chi connectivity index (χ0v) is 18.9. The van der Waals surface area contributed by atoms with Crippen molar-refractivity contribution in [3.63, 3.8) is 0 Å². The van der Waals surface area contributed by atoms with Gasteiger partial charge in [0.25, 0.3) is 0 Å². The van der Waals surface area contributed by atoms with Gasteiger partial charge in [0.2, 0.25) is 5.91 Å². The van der Waals surface area contributed by atoms with Gasteiger partial charge in [0.15, 0.2) is 5.82 Å². The zero-order chi connectivity index (χ0) is 21.7. The van der Waals surface area contributed by atoms with E-state index in [4.69, 9.17) is 4.98 Å². The quantitative estimate of drug-likeness (QED) is 0.722. The van der Waals surface area contributed by atoms with Crippen LogP contribution in [0, 0.1) is 0 Å². The lowest BCUT2D eigenvalue weighted by Gasteiger charge is -2.25. The molecule has 30 heavy (non-hydrogen) atoms. The molecular formula is C23H34N6O. The Morgan fingerprint density at radius 2 is 1.90 bits per heavy atom. The van der Waals surface area contributed by atoms with Gasteiger partial charge in [-0.1, -0.05) is 12.1 Å². The van der Waals surface area contributed by atoms with E-state index in [2.05, 4.69) is 44.4 Å². The molecule has 0 bridgehead atoms. The molecule has 1 aromatic heterocycles. The van der Waals surface area contributed by atoms with Gasteiger partial charge in [-0.2, -0.15) is 0 Å². The third-order valence-electron chi connectivity index (χ3n) is 5.48. The summed E-state index contributed by atoms with van der Waals surface area (Å²) in [6.45, 7) is 1.52. The maximum Gasteiger partial charge on any atom is 0.223 e. The van der Waals surface area contributed by atoms with Gasteiger partial charge in [-0.05, 0) is 51.1 Å². The predicted octanol–water partition coefficient (Wildman–Crippen LogP) is 2.94. The first-order chi connectivity index (χ1) is 14.4. The lowest BCUT2D eigenvalue weighted by molar-refractivity contribution is -0.132. The average Bonchev–Trinajstić information content (AvgIpc) is 3.21. The molecule has 162 valence electrons. The number of aryl methyl sites for hydroxylation is 1. The van der Waals surface area contributed by atoms with Crippen LogP contribution in [0.25, 0.3) is 0 Å². The van der Waals surface area contributed by atoms with Crippen LogP contribution in [-0.2, 0) is 17.8 Å². The summed E-state index contributed by atoms with van der Waals surface area (Å²) >= 11 is 0. The second-order valence-electron chi connectivity index (χ2n) is 8.40. The highest BCUT2D eigenvalue weighted by Crippen LogP contribution is 2.31. The van der Waals surface area contributed by atoms with Gasteiger partial charge in [0, 0.05) is 52.4 Å². The van der Waals surface area contributed by atoms with Gasteiger partial charge in [0.1, 0.15) is 5.82 Å². The fourth-order valence-electron chi connectivity index (χ4n) is 3.89. The lowest BCUT2D eigenvalue weighted by atomic mass is 10.1. The van der Waals surface area contributed by atoms with Crippen LogP contribution in [0.5, 0.6) is 0 Å². The second kappa shape index (κ2) is 9.89. The Morgan fingerprint density at radius 1 is 1.17 bits per heavy atom. The monoisotopic (exact) mass is 410 g/mol. The van der Waals surface area contributed by atoms with Crippen LogP contribution in [0.15, 0.2) is 30.3 Å². The maximum absolute atomic E-state index is 13.0. The van der Waals surface area contributed by atoms with Crippen molar-refractivity contribution in [2.75, 3.05) is 52.0 Å². The molecule has 1 aliphatic heterocycles. The van der Waals surface area contributed by atoms with E-state index < -0.39 is 0 Å². The fraction of sp³-hybridized carbons (Fsp3) is 0.522. The molecule has 1 aromatic carbocycles. The molecule has 1 aliphatic rings. The van der Waals surface area contributed by atoms with Gasteiger partial charge < -0.3 is 20.0 Å². The number of aromatic nitrogens is 2. The van der Waals surface area contributed by atoms with Crippen molar-refractivity contribution in [3.05, 3.63) is 47.4 Å². The van der Waals surface area contributed by atoms with E-state index in [0.717, 1.165) is 49.7 Å². The lowest BCUT2D eigenvalue weighted by Crippen LogP contribution is -2.32. The topological polar surface area (TPSA) is 64.6 Å². The number of carbonyl (C=O) groups is 1. The molecule has 0 unspecified atom stereocenters. The van der Waals surface area contributed by atoms with Crippen molar-refractivity contribution in [2.45, 2.75) is 38.3 Å². The minimum Gasteiger partial charge on any atom is -0.378 e. The van der Waals surface area contributed by atoms with Gasteiger partial charge in [0.05, 0.1) is 11.7 Å². The number of benzene rings is 1. The van der Waals surface area contributed by atoms with Crippen LogP contribution in [-0.4, -0.2) is 67.5 Å². The van der Waals surface area contributed by atoms with Crippen molar-refractivity contribution in [1.29, 1.82) is 0 Å². The summed E-state index contributed by atoms with van der Waals surface area (Å²) in [5.74, 6) is 1.74. The number of carbonyl (C=O) groups excluding carboxylic acids is 1. The highest BCUT2D eigenvalue weighted by Gasteiger charge is 2.32. The molecule has 0 radical (unpaired) electrons. The van der Waals surface area contributed by atoms with Crippen LogP contribution in [0.3, 0.4) is 0 Å². The van der Waals surface area contributed by atoms with E-state index in [1.807, 2.05) is 46.2 Å². The molecule has 7 nitrogen and oxygen atoms in total. The molecule has 1 saturated heterocycles. The molecule has 1 amide bonds. The number of hydrogen-bond donors (Lipinski definition) is 1. The number of anilines is 2. The van der Waals surface area contributed by atoms with Crippen LogP contribution in [0.1, 0.15) is 42.4 Å². The highest BCUT2D eigenvalue weighted by molar-refractivity contribution is 5.77. The Hall–Kier alpha value is -2.67. The first-order valence-corrected chi connectivity index (χ1v) is 10.6. The summed E-state index contributed by atoms with van der Waals surface area (Å²) in [5, 5.41) is 3.13. The average molecular weight is 411 g/mol. The van der Waals surface area contributed by atoms with Crippen molar-refractivity contribution in [1.82, 2.24) is 19.8 Å². The van der Waals surface area contributed by atoms with Crippen molar-refractivity contribution >= 4 is 17.4 Å². The Morgan fingerprint density at radius 3 is 2.53 bits per heavy atom. The molecule has 0 saturated carbocycles. The zero-order valence-electron chi connectivity index (χ0n) is 18.9. The van der Waals surface area contributed by atoms with E-state index in [1.54, 1.807) is 0 Å². The summed E-state index contributed by atoms with van der Waals surface area (Å²) in [5.41, 5.74) is 3.32. The first-order valence-electron chi connectivity index (χ1n) is 10.6. The molecule has 7 heteroatoms. The molecule has 2 heterocycles. The first kappa shape index (κ1) is 22.0. The summed E-state index contributed by atoms with van der Waals surface area (Å²) < 4.78 is 0. The van der Waals surface area contributed by atoms with Crippen molar-refractivity contribution in [2.24, 2.45) is 0 Å². The van der Waals surface area contributed by atoms with Gasteiger partial charge in [-0.25, -0.2) is 9.97 Å². The Balaban J connectivity index is 1.69. The van der Waals surface area contributed by atoms with Crippen LogP contribution in [0.2, 0.25) is 0 Å². The Bertz CT molecular complexity index is 849.